The third-order valence-corrected chi connectivity index (χ3v) is 4.44. The third-order valence-electron chi connectivity index (χ3n) is 2.45. The molecule has 17 heavy (non-hydrogen) atoms. The minimum absolute atomic E-state index is 0.600. The maximum absolute atomic E-state index is 5.88. The molecule has 0 amide bonds. The van der Waals surface area contributed by atoms with E-state index in [1.54, 1.807) is 0 Å². The first-order valence-corrected chi connectivity index (χ1v) is 9.25. The molecule has 96 valence electrons. The Morgan fingerprint density at radius 1 is 1.12 bits per heavy atom. The van der Waals surface area contributed by atoms with E-state index in [2.05, 4.69) is 20.0 Å². The number of rotatable bonds is 7. The van der Waals surface area contributed by atoms with E-state index in [4.69, 9.17) is 20.5 Å². The van der Waals surface area contributed by atoms with Crippen molar-refractivity contribution in [3.63, 3.8) is 0 Å². The summed E-state index contributed by atoms with van der Waals surface area (Å²) in [4.78, 5) is 0. The molecule has 0 atom stereocenters. The van der Waals surface area contributed by atoms with Crippen LogP contribution >= 0.6 is 11.6 Å². The van der Waals surface area contributed by atoms with E-state index in [0.29, 0.717) is 6.61 Å². The van der Waals surface area contributed by atoms with E-state index in [0.717, 1.165) is 30.0 Å². The SMILES string of the molecule is CCCCO[Si](C)(C)OCc1ccc(Cl)cc1. The van der Waals surface area contributed by atoms with Gasteiger partial charge in [0, 0.05) is 11.6 Å². The van der Waals surface area contributed by atoms with Crippen molar-refractivity contribution >= 4 is 20.2 Å². The Morgan fingerprint density at radius 2 is 1.76 bits per heavy atom. The number of benzene rings is 1. The van der Waals surface area contributed by atoms with Gasteiger partial charge in [0.1, 0.15) is 0 Å². The molecule has 0 saturated heterocycles. The molecule has 0 bridgehead atoms. The van der Waals surface area contributed by atoms with Crippen LogP contribution in [-0.2, 0) is 15.5 Å². The maximum atomic E-state index is 5.88. The van der Waals surface area contributed by atoms with E-state index < -0.39 is 8.56 Å². The molecular formula is C13H21ClO2Si. The van der Waals surface area contributed by atoms with Gasteiger partial charge in [0.15, 0.2) is 0 Å². The Labute approximate surface area is 110 Å². The Balaban J connectivity index is 2.35. The molecule has 1 aromatic rings. The van der Waals surface area contributed by atoms with E-state index in [1.807, 2.05) is 24.3 Å². The van der Waals surface area contributed by atoms with Crippen LogP contribution in [0.15, 0.2) is 24.3 Å². The molecule has 0 saturated carbocycles. The largest absolute Gasteiger partial charge is 0.395 e. The van der Waals surface area contributed by atoms with Crippen LogP contribution in [0.1, 0.15) is 25.3 Å². The Morgan fingerprint density at radius 3 is 2.35 bits per heavy atom. The molecule has 0 radical (unpaired) electrons. The van der Waals surface area contributed by atoms with Gasteiger partial charge in [-0.15, -0.1) is 0 Å². The van der Waals surface area contributed by atoms with Gasteiger partial charge in [0.25, 0.3) is 0 Å². The van der Waals surface area contributed by atoms with Crippen molar-refractivity contribution in [3.8, 4) is 0 Å². The topological polar surface area (TPSA) is 18.5 Å². The molecule has 0 aromatic heterocycles. The second kappa shape index (κ2) is 7.16. The normalized spacial score (nSPS) is 11.8. The average molecular weight is 273 g/mol. The highest BCUT2D eigenvalue weighted by molar-refractivity contribution is 6.64. The van der Waals surface area contributed by atoms with Gasteiger partial charge in [0.2, 0.25) is 0 Å². The number of halogens is 1. The summed E-state index contributed by atoms with van der Waals surface area (Å²) in [5.74, 6) is 0. The molecule has 1 rings (SSSR count). The lowest BCUT2D eigenvalue weighted by Crippen LogP contribution is -2.34. The van der Waals surface area contributed by atoms with Gasteiger partial charge in [0.05, 0.1) is 6.61 Å². The van der Waals surface area contributed by atoms with Gasteiger partial charge in [-0.3, -0.25) is 0 Å². The zero-order valence-electron chi connectivity index (χ0n) is 10.8. The molecule has 4 heteroatoms. The lowest BCUT2D eigenvalue weighted by Gasteiger charge is -2.22. The standard InChI is InChI=1S/C13H21ClO2Si/c1-4-5-10-15-17(2,3)16-11-12-6-8-13(14)9-7-12/h6-9H,4-5,10-11H2,1-3H3. The van der Waals surface area contributed by atoms with E-state index in [9.17, 15) is 0 Å². The van der Waals surface area contributed by atoms with Crippen molar-refractivity contribution in [2.45, 2.75) is 39.5 Å². The van der Waals surface area contributed by atoms with Crippen molar-refractivity contribution in [3.05, 3.63) is 34.9 Å². The molecule has 0 aliphatic heterocycles. The Bertz CT molecular complexity index is 325. The summed E-state index contributed by atoms with van der Waals surface area (Å²) in [5.41, 5.74) is 1.13. The average Bonchev–Trinajstić information content (AvgIpc) is 2.29. The predicted octanol–water partition coefficient (Wildman–Crippen LogP) is 4.38. The highest BCUT2D eigenvalue weighted by atomic mass is 35.5. The second-order valence-electron chi connectivity index (χ2n) is 4.52. The van der Waals surface area contributed by atoms with Crippen LogP contribution in [0.2, 0.25) is 18.1 Å². The minimum Gasteiger partial charge on any atom is -0.395 e. The fourth-order valence-corrected chi connectivity index (χ4v) is 2.70. The molecular weight excluding hydrogens is 252 g/mol. The summed E-state index contributed by atoms with van der Waals surface area (Å²) >= 11 is 5.83. The van der Waals surface area contributed by atoms with Crippen molar-refractivity contribution in [2.24, 2.45) is 0 Å². The maximum Gasteiger partial charge on any atom is 0.332 e. The van der Waals surface area contributed by atoms with Crippen LogP contribution in [0.25, 0.3) is 0 Å². The van der Waals surface area contributed by atoms with E-state index in [-0.39, 0.29) is 0 Å². The van der Waals surface area contributed by atoms with Crippen LogP contribution in [0.3, 0.4) is 0 Å². The van der Waals surface area contributed by atoms with Crippen LogP contribution < -0.4 is 0 Å². The van der Waals surface area contributed by atoms with Crippen molar-refractivity contribution < 1.29 is 8.85 Å². The van der Waals surface area contributed by atoms with Gasteiger partial charge < -0.3 is 8.85 Å². The summed E-state index contributed by atoms with van der Waals surface area (Å²) in [5, 5.41) is 0.754. The second-order valence-corrected chi connectivity index (χ2v) is 8.33. The molecule has 0 fully saturated rings. The first kappa shape index (κ1) is 14.7. The number of hydrogen-bond acceptors (Lipinski definition) is 2. The van der Waals surface area contributed by atoms with Gasteiger partial charge >= 0.3 is 8.56 Å². The molecule has 0 aliphatic rings. The quantitative estimate of drug-likeness (QED) is 0.542. The Kier molecular flexibility index (Phi) is 6.20. The molecule has 0 spiro atoms. The summed E-state index contributed by atoms with van der Waals surface area (Å²) in [6, 6.07) is 7.73. The molecule has 0 heterocycles. The van der Waals surface area contributed by atoms with Gasteiger partial charge in [-0.2, -0.15) is 0 Å². The molecule has 1 aromatic carbocycles. The number of hydrogen-bond donors (Lipinski definition) is 0. The lowest BCUT2D eigenvalue weighted by atomic mass is 10.2. The lowest BCUT2D eigenvalue weighted by molar-refractivity contribution is 0.169. The first-order chi connectivity index (χ1) is 8.03. The van der Waals surface area contributed by atoms with Crippen LogP contribution in [0.4, 0.5) is 0 Å². The Hall–Kier alpha value is -0.353. The predicted molar refractivity (Wildman–Crippen MR) is 74.6 cm³/mol. The zero-order chi connectivity index (χ0) is 12.7. The minimum atomic E-state index is -1.97. The smallest absolute Gasteiger partial charge is 0.332 e. The van der Waals surface area contributed by atoms with Crippen molar-refractivity contribution in [1.82, 2.24) is 0 Å². The summed E-state index contributed by atoms with van der Waals surface area (Å²) < 4.78 is 11.7. The van der Waals surface area contributed by atoms with Crippen LogP contribution in [-0.4, -0.2) is 15.2 Å². The highest BCUT2D eigenvalue weighted by Gasteiger charge is 2.24. The van der Waals surface area contributed by atoms with E-state index >= 15 is 0 Å². The summed E-state index contributed by atoms with van der Waals surface area (Å²) in [6.45, 7) is 7.72. The summed E-state index contributed by atoms with van der Waals surface area (Å²) in [7, 11) is -1.97. The monoisotopic (exact) mass is 272 g/mol. The van der Waals surface area contributed by atoms with Gasteiger partial charge in [-0.05, 0) is 37.2 Å². The van der Waals surface area contributed by atoms with Gasteiger partial charge in [-0.25, -0.2) is 0 Å². The van der Waals surface area contributed by atoms with Crippen LogP contribution in [0, 0.1) is 0 Å². The van der Waals surface area contributed by atoms with Crippen molar-refractivity contribution in [1.29, 1.82) is 0 Å². The van der Waals surface area contributed by atoms with E-state index in [1.165, 1.54) is 0 Å². The zero-order valence-corrected chi connectivity index (χ0v) is 12.6. The van der Waals surface area contributed by atoms with Crippen LogP contribution in [0.5, 0.6) is 0 Å². The molecule has 0 unspecified atom stereocenters. The molecule has 2 nitrogen and oxygen atoms in total. The fraction of sp³-hybridized carbons (Fsp3) is 0.538. The highest BCUT2D eigenvalue weighted by Crippen LogP contribution is 2.14. The molecule has 0 N–H and O–H groups in total. The molecule has 0 aliphatic carbocycles. The third kappa shape index (κ3) is 6.22. The van der Waals surface area contributed by atoms with Crippen molar-refractivity contribution in [2.75, 3.05) is 6.61 Å². The first-order valence-electron chi connectivity index (χ1n) is 6.06. The summed E-state index contributed by atoms with van der Waals surface area (Å²) in [6.07, 6.45) is 2.25. The van der Waals surface area contributed by atoms with Gasteiger partial charge in [-0.1, -0.05) is 37.1 Å². The fourth-order valence-electron chi connectivity index (χ4n) is 1.34. The number of unbranched alkanes of at least 4 members (excludes halogenated alkanes) is 1.